The quantitative estimate of drug-likeness (QED) is 0.350. The summed E-state index contributed by atoms with van der Waals surface area (Å²) in [5.74, 6) is 1.93. The number of ether oxygens (including phenoxy) is 2. The summed E-state index contributed by atoms with van der Waals surface area (Å²) in [4.78, 5) is 17.6. The SMILES string of the molecule is OCCC1COC(Cc2ccc3ncnc(Nc4ccc(OCc5ccccn5)c(Cl)c4)c3c2)=N1. The van der Waals surface area contributed by atoms with Crippen LogP contribution in [-0.2, 0) is 17.8 Å². The molecule has 8 nitrogen and oxygen atoms in total. The molecule has 1 unspecified atom stereocenters. The van der Waals surface area contributed by atoms with Gasteiger partial charge in [0.1, 0.15) is 31.1 Å². The predicted molar refractivity (Wildman–Crippen MR) is 135 cm³/mol. The van der Waals surface area contributed by atoms with E-state index in [0.29, 0.717) is 48.5 Å². The number of hydrogen-bond donors (Lipinski definition) is 2. The lowest BCUT2D eigenvalue weighted by atomic mass is 10.1. The molecule has 35 heavy (non-hydrogen) atoms. The molecule has 1 aliphatic heterocycles. The first kappa shape index (κ1) is 23.0. The van der Waals surface area contributed by atoms with E-state index in [1.807, 2.05) is 48.5 Å². The van der Waals surface area contributed by atoms with Crippen molar-refractivity contribution >= 4 is 39.9 Å². The van der Waals surface area contributed by atoms with E-state index < -0.39 is 0 Å². The highest BCUT2D eigenvalue weighted by atomic mass is 35.5. The maximum atomic E-state index is 9.12. The molecule has 0 fully saturated rings. The zero-order valence-electron chi connectivity index (χ0n) is 18.9. The molecule has 2 N–H and O–H groups in total. The van der Waals surface area contributed by atoms with E-state index in [9.17, 15) is 0 Å². The highest BCUT2D eigenvalue weighted by Crippen LogP contribution is 2.31. The van der Waals surface area contributed by atoms with Crippen molar-refractivity contribution in [3.8, 4) is 5.75 Å². The van der Waals surface area contributed by atoms with Crippen LogP contribution in [0.25, 0.3) is 10.9 Å². The van der Waals surface area contributed by atoms with Gasteiger partial charge < -0.3 is 19.9 Å². The molecule has 0 saturated heterocycles. The Morgan fingerprint density at radius 3 is 2.86 bits per heavy atom. The summed E-state index contributed by atoms with van der Waals surface area (Å²) >= 11 is 6.47. The summed E-state index contributed by atoms with van der Waals surface area (Å²) in [5.41, 5.74) is 3.46. The Balaban J connectivity index is 1.32. The van der Waals surface area contributed by atoms with Gasteiger partial charge in [0.05, 0.1) is 22.3 Å². The van der Waals surface area contributed by atoms with Crippen molar-refractivity contribution in [2.45, 2.75) is 25.5 Å². The number of benzene rings is 2. The number of nitrogens with one attached hydrogen (secondary N) is 1. The number of aliphatic hydroxyl groups is 1. The maximum Gasteiger partial charge on any atom is 0.188 e. The molecule has 0 amide bonds. The number of aliphatic imine (C=N–C) groups is 1. The molecular weight excluding hydrogens is 466 g/mol. The van der Waals surface area contributed by atoms with Gasteiger partial charge >= 0.3 is 0 Å². The Kier molecular flexibility index (Phi) is 7.02. The van der Waals surface area contributed by atoms with Gasteiger partial charge in [0.25, 0.3) is 0 Å². The van der Waals surface area contributed by atoms with Crippen molar-refractivity contribution in [3.05, 3.63) is 83.4 Å². The van der Waals surface area contributed by atoms with Gasteiger partial charge in [0.2, 0.25) is 0 Å². The number of nitrogens with zero attached hydrogens (tertiary/aromatic N) is 4. The zero-order chi connectivity index (χ0) is 24.0. The van der Waals surface area contributed by atoms with Crippen LogP contribution in [0.2, 0.25) is 5.02 Å². The fourth-order valence-corrected chi connectivity index (χ4v) is 4.05. The standard InChI is InChI=1S/C26H24ClN5O3/c27-22-13-18(5-7-24(22)34-14-19-3-1-2-9-28-19)32-26-21-11-17(4-6-23(21)29-16-30-26)12-25-31-20(8-10-33)15-35-25/h1-7,9,11,13,16,20,33H,8,10,12,14-15H2,(H,29,30,32). The highest BCUT2D eigenvalue weighted by Gasteiger charge is 2.18. The average Bonchev–Trinajstić information content (AvgIpc) is 3.31. The Morgan fingerprint density at radius 1 is 1.09 bits per heavy atom. The minimum Gasteiger partial charge on any atom is -0.486 e. The van der Waals surface area contributed by atoms with Gasteiger partial charge in [-0.05, 0) is 54.4 Å². The molecule has 0 spiro atoms. The minimum absolute atomic E-state index is 0.0247. The van der Waals surface area contributed by atoms with Crippen LogP contribution in [-0.4, -0.2) is 45.2 Å². The second-order valence-electron chi connectivity index (χ2n) is 8.13. The van der Waals surface area contributed by atoms with Gasteiger partial charge in [-0.1, -0.05) is 23.7 Å². The number of hydrogen-bond acceptors (Lipinski definition) is 8. The van der Waals surface area contributed by atoms with E-state index in [2.05, 4.69) is 25.3 Å². The normalized spacial score (nSPS) is 15.0. The number of halogens is 1. The number of fused-ring (bicyclic) bond motifs is 1. The first-order chi connectivity index (χ1) is 17.2. The minimum atomic E-state index is 0.0247. The molecule has 1 aliphatic rings. The topological polar surface area (TPSA) is 102 Å². The summed E-state index contributed by atoms with van der Waals surface area (Å²) in [6.45, 7) is 0.957. The van der Waals surface area contributed by atoms with Crippen molar-refractivity contribution in [2.75, 3.05) is 18.5 Å². The lowest BCUT2D eigenvalue weighted by molar-refractivity contribution is 0.249. The number of anilines is 2. The van der Waals surface area contributed by atoms with Gasteiger partial charge in [0, 0.05) is 30.3 Å². The third-order valence-electron chi connectivity index (χ3n) is 5.58. The number of rotatable bonds is 9. The Labute approximate surface area is 207 Å². The first-order valence-corrected chi connectivity index (χ1v) is 11.7. The molecule has 0 bridgehead atoms. The van der Waals surface area contributed by atoms with Crippen LogP contribution in [0, 0.1) is 0 Å². The van der Waals surface area contributed by atoms with Crippen LogP contribution in [0.4, 0.5) is 11.5 Å². The number of aliphatic hydroxyl groups excluding tert-OH is 1. The first-order valence-electron chi connectivity index (χ1n) is 11.3. The van der Waals surface area contributed by atoms with Crippen molar-refractivity contribution in [2.24, 2.45) is 4.99 Å². The molecular formula is C26H24ClN5O3. The monoisotopic (exact) mass is 489 g/mol. The number of pyridine rings is 1. The molecule has 2 aromatic heterocycles. The molecule has 0 radical (unpaired) electrons. The van der Waals surface area contributed by atoms with E-state index in [0.717, 1.165) is 27.8 Å². The fraction of sp³-hybridized carbons (Fsp3) is 0.231. The summed E-state index contributed by atoms with van der Waals surface area (Å²) < 4.78 is 11.5. The van der Waals surface area contributed by atoms with Crippen molar-refractivity contribution in [3.63, 3.8) is 0 Å². The third-order valence-corrected chi connectivity index (χ3v) is 5.88. The highest BCUT2D eigenvalue weighted by molar-refractivity contribution is 6.32. The van der Waals surface area contributed by atoms with Crippen molar-refractivity contribution in [1.29, 1.82) is 0 Å². The summed E-state index contributed by atoms with van der Waals surface area (Å²) in [5, 5.41) is 13.8. The molecule has 178 valence electrons. The van der Waals surface area contributed by atoms with E-state index in [1.54, 1.807) is 12.3 Å². The average molecular weight is 490 g/mol. The molecule has 1 atom stereocenters. The second kappa shape index (κ2) is 10.7. The maximum absolute atomic E-state index is 9.12. The van der Waals surface area contributed by atoms with E-state index in [-0.39, 0.29) is 12.6 Å². The van der Waals surface area contributed by atoms with Crippen molar-refractivity contribution in [1.82, 2.24) is 15.0 Å². The van der Waals surface area contributed by atoms with Crippen LogP contribution in [0.3, 0.4) is 0 Å². The van der Waals surface area contributed by atoms with Crippen molar-refractivity contribution < 1.29 is 14.6 Å². The summed E-state index contributed by atoms with van der Waals surface area (Å²) in [7, 11) is 0. The van der Waals surface area contributed by atoms with E-state index in [1.165, 1.54) is 6.33 Å². The van der Waals surface area contributed by atoms with Crippen LogP contribution in [0.5, 0.6) is 5.75 Å². The Bertz CT molecular complexity index is 1350. The van der Waals surface area contributed by atoms with Crippen LogP contribution in [0.15, 0.2) is 72.1 Å². The molecule has 2 aromatic carbocycles. The molecule has 4 aromatic rings. The second-order valence-corrected chi connectivity index (χ2v) is 8.54. The lowest BCUT2D eigenvalue weighted by Crippen LogP contribution is -2.08. The summed E-state index contributed by atoms with van der Waals surface area (Å²) in [6.07, 6.45) is 4.44. The van der Waals surface area contributed by atoms with Gasteiger partial charge in [-0.15, -0.1) is 0 Å². The largest absolute Gasteiger partial charge is 0.486 e. The van der Waals surface area contributed by atoms with Gasteiger partial charge in [0.15, 0.2) is 5.90 Å². The summed E-state index contributed by atoms with van der Waals surface area (Å²) in [6, 6.07) is 17.2. The molecule has 0 aliphatic carbocycles. The zero-order valence-corrected chi connectivity index (χ0v) is 19.7. The Morgan fingerprint density at radius 2 is 2.03 bits per heavy atom. The van der Waals surface area contributed by atoms with Gasteiger partial charge in [-0.3, -0.25) is 4.98 Å². The molecule has 0 saturated carbocycles. The van der Waals surface area contributed by atoms with Crippen LogP contribution >= 0.6 is 11.6 Å². The van der Waals surface area contributed by atoms with Gasteiger partial charge in [-0.25, -0.2) is 15.0 Å². The Hall–Kier alpha value is -3.75. The van der Waals surface area contributed by atoms with E-state index >= 15 is 0 Å². The molecule has 9 heteroatoms. The molecule has 5 rings (SSSR count). The smallest absolute Gasteiger partial charge is 0.188 e. The third kappa shape index (κ3) is 5.67. The van der Waals surface area contributed by atoms with E-state index in [4.69, 9.17) is 26.2 Å². The molecule has 3 heterocycles. The lowest BCUT2D eigenvalue weighted by Gasteiger charge is -2.12. The van der Waals surface area contributed by atoms with Crippen LogP contribution < -0.4 is 10.1 Å². The number of aromatic nitrogens is 3. The fourth-order valence-electron chi connectivity index (χ4n) is 3.82. The predicted octanol–water partition coefficient (Wildman–Crippen LogP) is 4.72. The van der Waals surface area contributed by atoms with Gasteiger partial charge in [-0.2, -0.15) is 0 Å². The van der Waals surface area contributed by atoms with Crippen LogP contribution in [0.1, 0.15) is 17.7 Å².